The Labute approximate surface area is 341 Å². The van der Waals surface area contributed by atoms with Gasteiger partial charge < -0.3 is 13.9 Å². The van der Waals surface area contributed by atoms with E-state index in [9.17, 15) is 0 Å². The molecule has 12 rings (SSSR count). The highest BCUT2D eigenvalue weighted by atomic mass is 16.3. The van der Waals surface area contributed by atoms with E-state index in [2.05, 4.69) is 216 Å². The van der Waals surface area contributed by atoms with Crippen molar-refractivity contribution in [2.24, 2.45) is 0 Å². The van der Waals surface area contributed by atoms with Crippen molar-refractivity contribution in [2.45, 2.75) is 0 Å². The quantitative estimate of drug-likeness (QED) is 0.158. The number of fused-ring (bicyclic) bond motifs is 9. The number of para-hydroxylation sites is 3. The summed E-state index contributed by atoms with van der Waals surface area (Å²) >= 11 is 0. The van der Waals surface area contributed by atoms with Crippen LogP contribution in [0.1, 0.15) is 0 Å². The molecule has 0 aliphatic heterocycles. The summed E-state index contributed by atoms with van der Waals surface area (Å²) in [5.74, 6) is 0. The Kier molecular flexibility index (Phi) is 7.54. The Hall–Kier alpha value is -7.88. The minimum Gasteiger partial charge on any atom is -0.456 e. The third-order valence-electron chi connectivity index (χ3n) is 12.0. The van der Waals surface area contributed by atoms with Gasteiger partial charge in [-0.3, -0.25) is 0 Å². The molecule has 0 unspecified atom stereocenters. The lowest BCUT2D eigenvalue weighted by molar-refractivity contribution is 0.669. The molecule has 59 heavy (non-hydrogen) atoms. The highest BCUT2D eigenvalue weighted by molar-refractivity contribution is 6.11. The predicted octanol–water partition coefficient (Wildman–Crippen LogP) is 15.8. The van der Waals surface area contributed by atoms with Gasteiger partial charge in [0, 0.05) is 44.3 Å². The number of hydrogen-bond acceptors (Lipinski definition) is 2. The van der Waals surface area contributed by atoms with Crippen LogP contribution >= 0.6 is 0 Å². The zero-order chi connectivity index (χ0) is 38.9. The van der Waals surface area contributed by atoms with Gasteiger partial charge >= 0.3 is 0 Å². The van der Waals surface area contributed by atoms with E-state index < -0.39 is 0 Å². The maximum Gasteiger partial charge on any atom is 0.136 e. The summed E-state index contributed by atoms with van der Waals surface area (Å²) in [6.45, 7) is 0. The van der Waals surface area contributed by atoms with Gasteiger partial charge in [0.1, 0.15) is 11.2 Å². The molecule has 2 heterocycles. The van der Waals surface area contributed by atoms with Crippen LogP contribution in [0.3, 0.4) is 0 Å². The average molecular weight is 753 g/mol. The number of benzene rings is 10. The topological polar surface area (TPSA) is 21.3 Å². The molecule has 0 saturated heterocycles. The Morgan fingerprint density at radius 2 is 0.831 bits per heavy atom. The van der Waals surface area contributed by atoms with Gasteiger partial charge in [0.2, 0.25) is 0 Å². The SMILES string of the molecule is c1ccc(-n2c3ccccc3c3ccc(N(c4ccc(-c5ccc6c(ccc7ccccc76)c5)cc4)c4ccc(-c5ccc6c(c5)oc5ccccc56)cc4)cc32)cc1. The normalized spacial score (nSPS) is 11.7. The molecule has 0 spiro atoms. The zero-order valence-corrected chi connectivity index (χ0v) is 32.1. The van der Waals surface area contributed by atoms with Crippen molar-refractivity contribution >= 4 is 82.4 Å². The van der Waals surface area contributed by atoms with Gasteiger partial charge in [-0.2, -0.15) is 0 Å². The molecule has 3 heteroatoms. The average Bonchev–Trinajstić information content (AvgIpc) is 3.85. The first-order valence-corrected chi connectivity index (χ1v) is 20.2. The van der Waals surface area contributed by atoms with E-state index in [4.69, 9.17) is 4.42 Å². The second-order valence-corrected chi connectivity index (χ2v) is 15.4. The number of nitrogens with zero attached hydrogens (tertiary/aromatic N) is 2. The predicted molar refractivity (Wildman–Crippen MR) is 249 cm³/mol. The van der Waals surface area contributed by atoms with Crippen LogP contribution in [0.2, 0.25) is 0 Å². The fourth-order valence-electron chi connectivity index (χ4n) is 9.10. The van der Waals surface area contributed by atoms with Gasteiger partial charge in [-0.1, -0.05) is 140 Å². The van der Waals surface area contributed by atoms with Crippen LogP contribution in [0.4, 0.5) is 17.1 Å². The molecule has 12 aromatic rings. The van der Waals surface area contributed by atoms with Crippen LogP contribution < -0.4 is 4.90 Å². The molecule has 10 aromatic carbocycles. The van der Waals surface area contributed by atoms with Crippen molar-refractivity contribution in [3.05, 3.63) is 218 Å². The molecular formula is C56H36N2O. The summed E-state index contributed by atoms with van der Waals surface area (Å²) in [4.78, 5) is 2.37. The summed E-state index contributed by atoms with van der Waals surface area (Å²) in [6.07, 6.45) is 0. The maximum atomic E-state index is 6.26. The van der Waals surface area contributed by atoms with Gasteiger partial charge in [0.15, 0.2) is 0 Å². The lowest BCUT2D eigenvalue weighted by Gasteiger charge is -2.26. The molecule has 0 aliphatic carbocycles. The first kappa shape index (κ1) is 33.3. The van der Waals surface area contributed by atoms with Crippen molar-refractivity contribution in [1.29, 1.82) is 0 Å². The smallest absolute Gasteiger partial charge is 0.136 e. The summed E-state index contributed by atoms with van der Waals surface area (Å²) < 4.78 is 8.64. The van der Waals surface area contributed by atoms with Gasteiger partial charge in [0.25, 0.3) is 0 Å². The molecule has 0 saturated carbocycles. The monoisotopic (exact) mass is 752 g/mol. The van der Waals surface area contributed by atoms with E-state index in [0.717, 1.165) is 61.3 Å². The third-order valence-corrected chi connectivity index (χ3v) is 12.0. The van der Waals surface area contributed by atoms with Crippen LogP contribution in [0.5, 0.6) is 0 Å². The first-order chi connectivity index (χ1) is 29.2. The molecule has 0 N–H and O–H groups in total. The van der Waals surface area contributed by atoms with Gasteiger partial charge in [-0.05, 0) is 123 Å². The molecule has 0 fully saturated rings. The highest BCUT2D eigenvalue weighted by Gasteiger charge is 2.18. The van der Waals surface area contributed by atoms with Crippen molar-refractivity contribution in [2.75, 3.05) is 4.90 Å². The third kappa shape index (κ3) is 5.51. The Balaban J connectivity index is 0.980. The van der Waals surface area contributed by atoms with E-state index in [1.807, 2.05) is 12.1 Å². The maximum absolute atomic E-state index is 6.26. The van der Waals surface area contributed by atoms with E-state index in [1.165, 1.54) is 49.0 Å². The summed E-state index contributed by atoms with van der Waals surface area (Å²) in [5, 5.41) is 9.81. The number of furan rings is 1. The molecule has 0 amide bonds. The standard InChI is InChI=1S/C56H36N2O/c1-2-11-43(12-3-1)58-53-16-8-6-14-49(53)50-33-30-46(36-54(50)58)57(45-28-22-38(23-29-45)41-25-32-52-51-15-7-9-17-55(51)59-56(52)35-41)44-26-20-37(21-27-44)40-24-31-48-42(34-40)19-18-39-10-4-5-13-47(39)48/h1-36H. The minimum atomic E-state index is 0.899. The molecule has 3 nitrogen and oxygen atoms in total. The van der Waals surface area contributed by atoms with Crippen molar-refractivity contribution in [3.8, 4) is 27.9 Å². The number of anilines is 3. The van der Waals surface area contributed by atoms with Gasteiger partial charge in [-0.25, -0.2) is 0 Å². The van der Waals surface area contributed by atoms with Gasteiger partial charge in [0.05, 0.1) is 11.0 Å². The van der Waals surface area contributed by atoms with Crippen molar-refractivity contribution in [3.63, 3.8) is 0 Å². The fraction of sp³-hybridized carbons (Fsp3) is 0. The van der Waals surface area contributed by atoms with E-state index >= 15 is 0 Å². The molecule has 0 aliphatic rings. The fourth-order valence-corrected chi connectivity index (χ4v) is 9.10. The van der Waals surface area contributed by atoms with E-state index in [0.29, 0.717) is 0 Å². The number of aromatic nitrogens is 1. The molecule has 276 valence electrons. The van der Waals surface area contributed by atoms with E-state index in [1.54, 1.807) is 0 Å². The van der Waals surface area contributed by atoms with Crippen LogP contribution in [0.25, 0.3) is 93.2 Å². The lowest BCUT2D eigenvalue weighted by Crippen LogP contribution is -2.10. The zero-order valence-electron chi connectivity index (χ0n) is 32.1. The largest absolute Gasteiger partial charge is 0.456 e. The molecule has 0 atom stereocenters. The molecule has 0 radical (unpaired) electrons. The molecular weight excluding hydrogens is 717 g/mol. The molecule has 2 aromatic heterocycles. The Bertz CT molecular complexity index is 3540. The summed E-state index contributed by atoms with van der Waals surface area (Å²) in [7, 11) is 0. The van der Waals surface area contributed by atoms with Crippen LogP contribution in [0.15, 0.2) is 223 Å². The summed E-state index contributed by atoms with van der Waals surface area (Å²) in [5.41, 5.74) is 13.2. The second-order valence-electron chi connectivity index (χ2n) is 15.4. The molecule has 0 bridgehead atoms. The van der Waals surface area contributed by atoms with Crippen LogP contribution in [-0.2, 0) is 0 Å². The second kappa shape index (κ2) is 13.4. The number of rotatable bonds is 6. The minimum absolute atomic E-state index is 0.899. The van der Waals surface area contributed by atoms with Crippen molar-refractivity contribution < 1.29 is 4.42 Å². The summed E-state index contributed by atoms with van der Waals surface area (Å²) in [6, 6.07) is 78.8. The number of hydrogen-bond donors (Lipinski definition) is 0. The Morgan fingerprint density at radius 3 is 1.61 bits per heavy atom. The Morgan fingerprint density at radius 1 is 0.305 bits per heavy atom. The highest BCUT2D eigenvalue weighted by Crippen LogP contribution is 2.41. The lowest BCUT2D eigenvalue weighted by atomic mass is 9.97. The van der Waals surface area contributed by atoms with Crippen LogP contribution in [-0.4, -0.2) is 4.57 Å². The van der Waals surface area contributed by atoms with E-state index in [-0.39, 0.29) is 0 Å². The van der Waals surface area contributed by atoms with Crippen molar-refractivity contribution in [1.82, 2.24) is 4.57 Å². The van der Waals surface area contributed by atoms with Crippen LogP contribution in [0, 0.1) is 0 Å². The van der Waals surface area contributed by atoms with Gasteiger partial charge in [-0.15, -0.1) is 0 Å². The first-order valence-electron chi connectivity index (χ1n) is 20.2.